The van der Waals surface area contributed by atoms with Gasteiger partial charge in [0.1, 0.15) is 0 Å². The molecule has 1 saturated carbocycles. The van der Waals surface area contributed by atoms with Gasteiger partial charge >= 0.3 is 0 Å². The first-order valence-electron chi connectivity index (χ1n) is 10.4. The Bertz CT molecular complexity index is 571. The second-order valence-electron chi connectivity index (χ2n) is 8.52. The van der Waals surface area contributed by atoms with Crippen molar-refractivity contribution in [2.75, 3.05) is 44.2 Å². The van der Waals surface area contributed by atoms with Crippen molar-refractivity contribution in [2.24, 2.45) is 5.41 Å². The number of hydrogen-bond acceptors (Lipinski definition) is 4. The monoisotopic (exact) mass is 450 g/mol. The van der Waals surface area contributed by atoms with Crippen molar-refractivity contribution in [3.05, 3.63) is 24.0 Å². The summed E-state index contributed by atoms with van der Waals surface area (Å²) in [6.45, 7) is 9.52. The molecule has 3 fully saturated rings. The number of rotatable bonds is 2. The highest BCUT2D eigenvalue weighted by Crippen LogP contribution is 2.44. The molecule has 0 radical (unpaired) electrons. The summed E-state index contributed by atoms with van der Waals surface area (Å²) < 4.78 is 0. The Labute approximate surface area is 189 Å². The fourth-order valence-electron chi connectivity index (χ4n) is 5.40. The quantitative estimate of drug-likeness (QED) is 0.718. The van der Waals surface area contributed by atoms with Gasteiger partial charge in [-0.15, -0.1) is 37.2 Å². The fourth-order valence-corrected chi connectivity index (χ4v) is 5.40. The molecule has 0 amide bonds. The Kier molecular flexibility index (Phi) is 10.9. The van der Waals surface area contributed by atoms with Crippen LogP contribution in [-0.2, 0) is 0 Å². The smallest absolute Gasteiger partial charge is 0.0427 e. The molecule has 1 aromatic heterocycles. The average molecular weight is 452 g/mol. The third-order valence-corrected chi connectivity index (χ3v) is 7.06. The largest absolute Gasteiger partial charge is 0.370 e. The van der Waals surface area contributed by atoms with E-state index in [0.717, 1.165) is 12.6 Å². The van der Waals surface area contributed by atoms with Crippen LogP contribution in [0.25, 0.3) is 0 Å². The number of aryl methyl sites for hydroxylation is 1. The number of aromatic nitrogens is 1. The maximum Gasteiger partial charge on any atom is 0.0427 e. The molecule has 4 nitrogen and oxygen atoms in total. The van der Waals surface area contributed by atoms with E-state index in [4.69, 9.17) is 0 Å². The predicted molar refractivity (Wildman–Crippen MR) is 126 cm³/mol. The molecule has 1 N–H and O–H groups in total. The molecule has 3 heterocycles. The zero-order valence-corrected chi connectivity index (χ0v) is 19.5. The first-order chi connectivity index (χ1) is 12.3. The lowest BCUT2D eigenvalue weighted by Crippen LogP contribution is -2.45. The number of halogens is 3. The summed E-state index contributed by atoms with van der Waals surface area (Å²) in [6, 6.07) is 3.02. The Morgan fingerprint density at radius 2 is 1.68 bits per heavy atom. The molecule has 162 valence electrons. The van der Waals surface area contributed by atoms with E-state index >= 15 is 0 Å². The summed E-state index contributed by atoms with van der Waals surface area (Å²) in [4.78, 5) is 9.64. The summed E-state index contributed by atoms with van der Waals surface area (Å²) in [5.74, 6) is 0. The number of nitrogens with one attached hydrogen (secondary N) is 1. The van der Waals surface area contributed by atoms with E-state index in [1.807, 2.05) is 12.4 Å². The van der Waals surface area contributed by atoms with Crippen molar-refractivity contribution in [3.8, 4) is 0 Å². The minimum absolute atomic E-state index is 0. The number of pyridine rings is 1. The predicted octanol–water partition coefficient (Wildman–Crippen LogP) is 4.48. The van der Waals surface area contributed by atoms with E-state index in [9.17, 15) is 0 Å². The van der Waals surface area contributed by atoms with Crippen molar-refractivity contribution in [1.29, 1.82) is 0 Å². The molecule has 0 unspecified atom stereocenters. The van der Waals surface area contributed by atoms with Crippen molar-refractivity contribution in [3.63, 3.8) is 0 Å². The lowest BCUT2D eigenvalue weighted by molar-refractivity contribution is 0.0685. The van der Waals surface area contributed by atoms with Crippen LogP contribution in [0.1, 0.15) is 50.5 Å². The summed E-state index contributed by atoms with van der Waals surface area (Å²) in [5.41, 5.74) is 3.38. The maximum absolute atomic E-state index is 4.25. The Morgan fingerprint density at radius 3 is 2.36 bits per heavy atom. The zero-order chi connectivity index (χ0) is 17.1. The standard InChI is InChI=1S/C21H34N4.3ClH/c1-18-17-23-10-5-20(18)25-14-2-13-24(15-16-25)19-3-6-21(7-4-19)8-11-22-12-9-21;;;/h5,10,17,19,22H,2-4,6-9,11-16H2,1H3;3*1H. The van der Waals surface area contributed by atoms with Gasteiger partial charge in [-0.3, -0.25) is 9.88 Å². The van der Waals surface area contributed by atoms with Crippen LogP contribution in [0, 0.1) is 12.3 Å². The molecule has 0 aromatic carbocycles. The van der Waals surface area contributed by atoms with Gasteiger partial charge in [0.15, 0.2) is 0 Å². The molecular weight excluding hydrogens is 415 g/mol. The summed E-state index contributed by atoms with van der Waals surface area (Å²) in [7, 11) is 0. The van der Waals surface area contributed by atoms with Gasteiger partial charge in [-0.25, -0.2) is 0 Å². The number of piperidine rings is 1. The normalized spacial score (nSPS) is 23.1. The van der Waals surface area contributed by atoms with Crippen LogP contribution in [-0.4, -0.2) is 55.2 Å². The molecule has 2 saturated heterocycles. The lowest BCUT2D eigenvalue weighted by Gasteiger charge is -2.45. The average Bonchev–Trinajstić information content (AvgIpc) is 2.90. The summed E-state index contributed by atoms with van der Waals surface area (Å²) in [6.07, 6.45) is 13.8. The van der Waals surface area contributed by atoms with Crippen LogP contribution in [0.3, 0.4) is 0 Å². The molecule has 3 aliphatic rings. The van der Waals surface area contributed by atoms with Crippen molar-refractivity contribution >= 4 is 42.9 Å². The first kappa shape index (κ1) is 25.8. The minimum Gasteiger partial charge on any atom is -0.370 e. The molecule has 4 rings (SSSR count). The molecule has 1 aliphatic carbocycles. The third-order valence-electron chi connectivity index (χ3n) is 7.06. The molecule has 0 atom stereocenters. The van der Waals surface area contributed by atoms with Crippen molar-refractivity contribution in [2.45, 2.75) is 57.9 Å². The van der Waals surface area contributed by atoms with Crippen LogP contribution in [0.2, 0.25) is 0 Å². The highest BCUT2D eigenvalue weighted by molar-refractivity contribution is 5.86. The van der Waals surface area contributed by atoms with Gasteiger partial charge in [0.2, 0.25) is 0 Å². The van der Waals surface area contributed by atoms with Crippen LogP contribution in [0.5, 0.6) is 0 Å². The summed E-state index contributed by atoms with van der Waals surface area (Å²) in [5, 5.41) is 3.54. The van der Waals surface area contributed by atoms with Crippen LogP contribution in [0.15, 0.2) is 18.5 Å². The van der Waals surface area contributed by atoms with Crippen molar-refractivity contribution in [1.82, 2.24) is 15.2 Å². The molecule has 28 heavy (non-hydrogen) atoms. The Hall–Kier alpha value is -0.260. The van der Waals surface area contributed by atoms with Gasteiger partial charge in [0, 0.05) is 50.3 Å². The second-order valence-corrected chi connectivity index (χ2v) is 8.52. The lowest BCUT2D eigenvalue weighted by atomic mass is 9.67. The van der Waals surface area contributed by atoms with Crippen molar-refractivity contribution < 1.29 is 0 Å². The van der Waals surface area contributed by atoms with E-state index in [2.05, 4.69) is 33.1 Å². The highest BCUT2D eigenvalue weighted by atomic mass is 35.5. The van der Waals surface area contributed by atoms with E-state index in [0.29, 0.717) is 5.41 Å². The topological polar surface area (TPSA) is 31.4 Å². The van der Waals surface area contributed by atoms with E-state index < -0.39 is 0 Å². The van der Waals surface area contributed by atoms with Crippen LogP contribution in [0.4, 0.5) is 5.69 Å². The van der Waals surface area contributed by atoms with Gasteiger partial charge < -0.3 is 10.2 Å². The molecule has 0 bridgehead atoms. The van der Waals surface area contributed by atoms with Gasteiger partial charge in [-0.2, -0.15) is 0 Å². The van der Waals surface area contributed by atoms with Gasteiger partial charge in [0.05, 0.1) is 0 Å². The molecule has 7 heteroatoms. The third kappa shape index (κ3) is 5.89. The summed E-state index contributed by atoms with van der Waals surface area (Å²) >= 11 is 0. The molecule has 2 aliphatic heterocycles. The molecular formula is C21H37Cl3N4. The molecule has 1 aromatic rings. The number of nitrogens with zero attached hydrogens (tertiary/aromatic N) is 3. The van der Waals surface area contributed by atoms with E-state index in [-0.39, 0.29) is 37.2 Å². The van der Waals surface area contributed by atoms with E-state index in [1.165, 1.54) is 88.9 Å². The highest BCUT2D eigenvalue weighted by Gasteiger charge is 2.37. The Morgan fingerprint density at radius 1 is 0.964 bits per heavy atom. The van der Waals surface area contributed by atoms with Crippen LogP contribution < -0.4 is 10.2 Å². The number of hydrogen-bond donors (Lipinski definition) is 1. The Balaban J connectivity index is 0.00000131. The maximum atomic E-state index is 4.25. The van der Waals surface area contributed by atoms with Gasteiger partial charge in [-0.1, -0.05) is 0 Å². The zero-order valence-electron chi connectivity index (χ0n) is 17.1. The number of anilines is 1. The fraction of sp³-hybridized carbons (Fsp3) is 0.762. The second kappa shape index (κ2) is 11.8. The van der Waals surface area contributed by atoms with Gasteiger partial charge in [0.25, 0.3) is 0 Å². The first-order valence-corrected chi connectivity index (χ1v) is 10.4. The van der Waals surface area contributed by atoms with E-state index in [1.54, 1.807) is 0 Å². The van der Waals surface area contributed by atoms with Crippen LogP contribution >= 0.6 is 37.2 Å². The van der Waals surface area contributed by atoms with Gasteiger partial charge in [-0.05, 0) is 82.0 Å². The molecule has 1 spiro atoms. The minimum atomic E-state index is 0. The SMILES string of the molecule is Cc1cnccc1N1CCCN(C2CCC3(CCNCC3)CC2)CC1.Cl.Cl.Cl.